The molecule has 0 bridgehead atoms. The number of carbonyl (C=O) groups is 2. The molecule has 0 aromatic heterocycles. The first kappa shape index (κ1) is 18.6. The van der Waals surface area contributed by atoms with Crippen LogP contribution in [0.1, 0.15) is 45.7 Å². The Morgan fingerprint density at radius 3 is 2.35 bits per heavy atom. The summed E-state index contributed by atoms with van der Waals surface area (Å²) in [6.07, 6.45) is -0.462. The van der Waals surface area contributed by atoms with Crippen LogP contribution in [-0.4, -0.2) is 22.9 Å². The average Bonchev–Trinajstić information content (AvgIpc) is 2.45. The lowest BCUT2D eigenvalue weighted by Gasteiger charge is -2.20. The molecule has 1 atom stereocenters. The van der Waals surface area contributed by atoms with Gasteiger partial charge in [0.15, 0.2) is 0 Å². The second-order valence-electron chi connectivity index (χ2n) is 5.77. The third-order valence-corrected chi connectivity index (χ3v) is 3.09. The van der Waals surface area contributed by atoms with Crippen molar-refractivity contribution in [2.75, 3.05) is 0 Å². The molecule has 126 valence electrons. The molecule has 0 radical (unpaired) electrons. The van der Waals surface area contributed by atoms with E-state index in [4.69, 9.17) is 4.74 Å². The number of nitro benzene ring substituents is 1. The van der Waals surface area contributed by atoms with Crippen molar-refractivity contribution in [2.45, 2.75) is 46.3 Å². The lowest BCUT2D eigenvalue weighted by Crippen LogP contribution is -2.34. The number of esters is 1. The first-order valence-corrected chi connectivity index (χ1v) is 7.45. The van der Waals surface area contributed by atoms with Crippen LogP contribution in [0.3, 0.4) is 0 Å². The van der Waals surface area contributed by atoms with Gasteiger partial charge in [-0.05, 0) is 13.8 Å². The van der Waals surface area contributed by atoms with Crippen LogP contribution in [0.5, 0.6) is 0 Å². The molecule has 1 N–H and O–H groups in total. The first-order valence-electron chi connectivity index (χ1n) is 7.45. The number of nitrogens with one attached hydrogen (secondary N) is 1. The Kier molecular flexibility index (Phi) is 6.68. The zero-order valence-electron chi connectivity index (χ0n) is 13.7. The van der Waals surface area contributed by atoms with Gasteiger partial charge in [0, 0.05) is 12.0 Å². The van der Waals surface area contributed by atoms with Gasteiger partial charge in [-0.3, -0.25) is 19.7 Å². The van der Waals surface area contributed by atoms with E-state index in [1.54, 1.807) is 33.8 Å². The molecular formula is C16H22N2O5. The number of nitro groups is 1. The first-order chi connectivity index (χ1) is 10.7. The number of hydrogen-bond acceptors (Lipinski definition) is 5. The molecule has 0 heterocycles. The molecule has 0 saturated carbocycles. The molecule has 0 aliphatic rings. The highest BCUT2D eigenvalue weighted by molar-refractivity contribution is 5.80. The SMILES string of the molecule is CC(C)OC(=O)CC(NC(=O)C(C)C)c1ccccc1[N+](=O)[O-]. The molecule has 1 aromatic rings. The zero-order valence-corrected chi connectivity index (χ0v) is 13.7. The summed E-state index contributed by atoms with van der Waals surface area (Å²) in [4.78, 5) is 34.6. The van der Waals surface area contributed by atoms with Crippen molar-refractivity contribution in [2.24, 2.45) is 5.92 Å². The highest BCUT2D eigenvalue weighted by Crippen LogP contribution is 2.27. The fourth-order valence-electron chi connectivity index (χ4n) is 2.00. The molecule has 0 fully saturated rings. The Morgan fingerprint density at radius 2 is 1.83 bits per heavy atom. The Labute approximate surface area is 135 Å². The molecule has 7 heteroatoms. The summed E-state index contributed by atoms with van der Waals surface area (Å²) in [5.41, 5.74) is 0.145. The minimum atomic E-state index is -0.808. The van der Waals surface area contributed by atoms with Gasteiger partial charge in [0.05, 0.1) is 29.1 Å². The average molecular weight is 322 g/mol. The van der Waals surface area contributed by atoms with Crippen molar-refractivity contribution >= 4 is 17.6 Å². The van der Waals surface area contributed by atoms with E-state index in [0.29, 0.717) is 0 Å². The van der Waals surface area contributed by atoms with E-state index in [1.807, 2.05) is 0 Å². The van der Waals surface area contributed by atoms with E-state index in [9.17, 15) is 19.7 Å². The lowest BCUT2D eigenvalue weighted by molar-refractivity contribution is -0.385. The quantitative estimate of drug-likeness (QED) is 0.473. The number of ether oxygens (including phenoxy) is 1. The Balaban J connectivity index is 3.11. The smallest absolute Gasteiger partial charge is 0.308 e. The molecule has 0 saturated heterocycles. The van der Waals surface area contributed by atoms with Crippen molar-refractivity contribution in [3.05, 3.63) is 39.9 Å². The van der Waals surface area contributed by atoms with Crippen LogP contribution in [0.4, 0.5) is 5.69 Å². The fourth-order valence-corrected chi connectivity index (χ4v) is 2.00. The third-order valence-electron chi connectivity index (χ3n) is 3.09. The minimum Gasteiger partial charge on any atom is -0.463 e. The lowest BCUT2D eigenvalue weighted by atomic mass is 10.0. The number of amides is 1. The highest BCUT2D eigenvalue weighted by atomic mass is 16.6. The predicted molar refractivity (Wildman–Crippen MR) is 84.7 cm³/mol. The number of para-hydroxylation sites is 1. The van der Waals surface area contributed by atoms with Crippen LogP contribution in [0.15, 0.2) is 24.3 Å². The molecular weight excluding hydrogens is 300 g/mol. The van der Waals surface area contributed by atoms with Crippen molar-refractivity contribution in [3.8, 4) is 0 Å². The topological polar surface area (TPSA) is 98.5 Å². The molecule has 1 amide bonds. The maximum absolute atomic E-state index is 12.0. The summed E-state index contributed by atoms with van der Waals surface area (Å²) in [5.74, 6) is -1.11. The Morgan fingerprint density at radius 1 is 1.22 bits per heavy atom. The van der Waals surface area contributed by atoms with E-state index < -0.39 is 16.9 Å². The predicted octanol–water partition coefficient (Wildman–Crippen LogP) is 2.75. The van der Waals surface area contributed by atoms with E-state index in [2.05, 4.69) is 5.32 Å². The van der Waals surface area contributed by atoms with Gasteiger partial charge in [-0.1, -0.05) is 32.0 Å². The summed E-state index contributed by atoms with van der Waals surface area (Å²) in [5, 5.41) is 13.9. The Hall–Kier alpha value is -2.44. The number of nitrogens with zero attached hydrogens (tertiary/aromatic N) is 1. The normalized spacial score (nSPS) is 12.1. The van der Waals surface area contributed by atoms with Crippen LogP contribution < -0.4 is 5.32 Å². The van der Waals surface area contributed by atoms with Gasteiger partial charge in [-0.15, -0.1) is 0 Å². The molecule has 0 spiro atoms. The third kappa shape index (κ3) is 5.69. The maximum Gasteiger partial charge on any atom is 0.308 e. The molecule has 1 rings (SSSR count). The maximum atomic E-state index is 12.0. The van der Waals surface area contributed by atoms with Crippen molar-refractivity contribution in [1.29, 1.82) is 0 Å². The molecule has 1 unspecified atom stereocenters. The minimum absolute atomic E-state index is 0.140. The van der Waals surface area contributed by atoms with Crippen molar-refractivity contribution < 1.29 is 19.2 Å². The number of benzene rings is 1. The van der Waals surface area contributed by atoms with Crippen molar-refractivity contribution in [1.82, 2.24) is 5.32 Å². The van der Waals surface area contributed by atoms with E-state index in [0.717, 1.165) is 0 Å². The largest absolute Gasteiger partial charge is 0.463 e. The van der Waals surface area contributed by atoms with Crippen LogP contribution in [0.2, 0.25) is 0 Å². The van der Waals surface area contributed by atoms with Gasteiger partial charge in [-0.2, -0.15) is 0 Å². The summed E-state index contributed by atoms with van der Waals surface area (Å²) >= 11 is 0. The number of hydrogen-bond donors (Lipinski definition) is 1. The van der Waals surface area contributed by atoms with Gasteiger partial charge in [0.2, 0.25) is 5.91 Å². The summed E-state index contributed by atoms with van der Waals surface area (Å²) in [6.45, 7) is 6.84. The van der Waals surface area contributed by atoms with Crippen LogP contribution in [-0.2, 0) is 14.3 Å². The standard InChI is InChI=1S/C16H22N2O5/c1-10(2)16(20)17-13(9-15(19)23-11(3)4)12-7-5-6-8-14(12)18(21)22/h5-8,10-11,13H,9H2,1-4H3,(H,17,20). The second kappa shape index (κ2) is 8.26. The van der Waals surface area contributed by atoms with Crippen molar-refractivity contribution in [3.63, 3.8) is 0 Å². The summed E-state index contributed by atoms with van der Waals surface area (Å²) in [7, 11) is 0. The number of carbonyl (C=O) groups excluding carboxylic acids is 2. The number of rotatable bonds is 7. The Bertz CT molecular complexity index is 584. The molecule has 7 nitrogen and oxygen atoms in total. The van der Waals surface area contributed by atoms with E-state index in [-0.39, 0.29) is 35.6 Å². The second-order valence-corrected chi connectivity index (χ2v) is 5.77. The monoisotopic (exact) mass is 322 g/mol. The van der Waals surface area contributed by atoms with Gasteiger partial charge in [-0.25, -0.2) is 0 Å². The zero-order chi connectivity index (χ0) is 17.6. The van der Waals surface area contributed by atoms with Gasteiger partial charge in [0.1, 0.15) is 0 Å². The van der Waals surface area contributed by atoms with Gasteiger partial charge in [0.25, 0.3) is 5.69 Å². The van der Waals surface area contributed by atoms with E-state index >= 15 is 0 Å². The van der Waals surface area contributed by atoms with Crippen LogP contribution >= 0.6 is 0 Å². The summed E-state index contributed by atoms with van der Waals surface area (Å²) in [6, 6.07) is 5.24. The van der Waals surface area contributed by atoms with Crippen LogP contribution in [0.25, 0.3) is 0 Å². The molecule has 23 heavy (non-hydrogen) atoms. The molecule has 0 aliphatic carbocycles. The van der Waals surface area contributed by atoms with E-state index in [1.165, 1.54) is 18.2 Å². The van der Waals surface area contributed by atoms with Gasteiger partial charge >= 0.3 is 5.97 Å². The molecule has 0 aliphatic heterocycles. The molecule has 1 aromatic carbocycles. The van der Waals surface area contributed by atoms with Gasteiger partial charge < -0.3 is 10.1 Å². The summed E-state index contributed by atoms with van der Waals surface area (Å²) < 4.78 is 5.08. The van der Waals surface area contributed by atoms with Crippen LogP contribution in [0, 0.1) is 16.0 Å². The highest BCUT2D eigenvalue weighted by Gasteiger charge is 2.27. The fraction of sp³-hybridized carbons (Fsp3) is 0.500.